The zero-order valence-electron chi connectivity index (χ0n) is 19.8. The Morgan fingerprint density at radius 1 is 1.14 bits per heavy atom. The zero-order chi connectivity index (χ0) is 26.4. The van der Waals surface area contributed by atoms with Crippen LogP contribution in [-0.2, 0) is 16.0 Å². The number of fused-ring (bicyclic) bond motifs is 1. The van der Waals surface area contributed by atoms with Gasteiger partial charge in [-0.1, -0.05) is 18.2 Å². The highest BCUT2D eigenvalue weighted by Crippen LogP contribution is 2.30. The van der Waals surface area contributed by atoms with E-state index in [9.17, 15) is 19.5 Å². The van der Waals surface area contributed by atoms with Crippen LogP contribution in [0.25, 0.3) is 11.0 Å². The van der Waals surface area contributed by atoms with E-state index in [1.165, 1.54) is 0 Å². The number of amides is 1. The molecule has 0 saturated carbocycles. The number of nitrogen functional groups attached to an aromatic ring is 2. The summed E-state index contributed by atoms with van der Waals surface area (Å²) in [6, 6.07) is 5.53. The smallest absolute Gasteiger partial charge is 0.326 e. The molecule has 0 fully saturated rings. The van der Waals surface area contributed by atoms with E-state index >= 15 is 0 Å². The summed E-state index contributed by atoms with van der Waals surface area (Å²) in [4.78, 5) is 47.3. The lowest BCUT2D eigenvalue weighted by molar-refractivity contribution is -0.140. The van der Waals surface area contributed by atoms with Crippen molar-refractivity contribution in [3.8, 4) is 0 Å². The third kappa shape index (κ3) is 6.12. The number of anilines is 2. The summed E-state index contributed by atoms with van der Waals surface area (Å²) < 4.78 is 0. The number of benzene rings is 1. The van der Waals surface area contributed by atoms with Crippen LogP contribution in [0.1, 0.15) is 52.2 Å². The van der Waals surface area contributed by atoms with E-state index in [1.54, 1.807) is 30.5 Å². The predicted octanol–water partition coefficient (Wildman–Crippen LogP) is 2.45. The first-order valence-corrected chi connectivity index (χ1v) is 11.2. The number of aromatic nitrogens is 3. The molecule has 0 aliphatic carbocycles. The van der Waals surface area contributed by atoms with Crippen LogP contribution in [-0.4, -0.2) is 49.1 Å². The molecule has 3 aromatic rings. The number of carboxylic acids is 2. The molecule has 0 radical (unpaired) electrons. The van der Waals surface area contributed by atoms with Gasteiger partial charge in [0.1, 0.15) is 11.9 Å². The molecule has 0 spiro atoms. The summed E-state index contributed by atoms with van der Waals surface area (Å²) in [7, 11) is 0. The highest BCUT2D eigenvalue weighted by molar-refractivity contribution is 5.96. The lowest BCUT2D eigenvalue weighted by Gasteiger charge is -2.19. The highest BCUT2D eigenvalue weighted by Gasteiger charge is 2.22. The number of allylic oxidation sites excluding steroid dienone is 1. The van der Waals surface area contributed by atoms with Gasteiger partial charge in [-0.3, -0.25) is 9.59 Å². The van der Waals surface area contributed by atoms with E-state index in [0.717, 1.165) is 16.7 Å². The molecule has 11 heteroatoms. The first-order valence-electron chi connectivity index (χ1n) is 11.2. The minimum absolute atomic E-state index is 0.0239. The topological polar surface area (TPSA) is 194 Å². The third-order valence-corrected chi connectivity index (χ3v) is 5.95. The van der Waals surface area contributed by atoms with E-state index in [4.69, 9.17) is 16.6 Å². The highest BCUT2D eigenvalue weighted by atomic mass is 16.4. The molecule has 0 aliphatic heterocycles. The molecule has 1 aromatic carbocycles. The van der Waals surface area contributed by atoms with Gasteiger partial charge < -0.3 is 27.0 Å². The second kappa shape index (κ2) is 11.3. The number of hydrogen-bond donors (Lipinski definition) is 5. The number of nitrogens with zero attached hydrogens (tertiary/aromatic N) is 3. The summed E-state index contributed by atoms with van der Waals surface area (Å²) in [5.41, 5.74) is 15.3. The van der Waals surface area contributed by atoms with Crippen molar-refractivity contribution < 1.29 is 24.6 Å². The Balaban J connectivity index is 1.80. The van der Waals surface area contributed by atoms with Gasteiger partial charge in [-0.05, 0) is 60.9 Å². The van der Waals surface area contributed by atoms with Gasteiger partial charge in [0, 0.05) is 18.2 Å². The van der Waals surface area contributed by atoms with Crippen molar-refractivity contribution in [3.63, 3.8) is 0 Å². The van der Waals surface area contributed by atoms with E-state index in [0.29, 0.717) is 23.9 Å². The Morgan fingerprint density at radius 3 is 2.44 bits per heavy atom. The monoisotopic (exact) mass is 492 g/mol. The minimum atomic E-state index is -1.29. The van der Waals surface area contributed by atoms with Gasteiger partial charge in [-0.2, -0.15) is 9.97 Å². The number of nitrogens with two attached hydrogens (primary N) is 2. The van der Waals surface area contributed by atoms with Crippen molar-refractivity contribution in [2.45, 2.75) is 44.6 Å². The van der Waals surface area contributed by atoms with E-state index < -0.39 is 23.9 Å². The van der Waals surface area contributed by atoms with Crippen LogP contribution in [0, 0.1) is 6.92 Å². The molecule has 36 heavy (non-hydrogen) atoms. The Hall–Kier alpha value is -4.54. The molecule has 7 N–H and O–H groups in total. The van der Waals surface area contributed by atoms with Gasteiger partial charge in [0.15, 0.2) is 5.65 Å². The van der Waals surface area contributed by atoms with Crippen molar-refractivity contribution in [1.82, 2.24) is 20.3 Å². The summed E-state index contributed by atoms with van der Waals surface area (Å²) in [5, 5.41) is 21.1. The number of rotatable bonds is 11. The van der Waals surface area contributed by atoms with Crippen molar-refractivity contribution >= 4 is 40.6 Å². The lowest BCUT2D eigenvalue weighted by atomic mass is 9.87. The molecule has 11 nitrogen and oxygen atoms in total. The number of aliphatic carboxylic acids is 2. The average Bonchev–Trinajstić information content (AvgIpc) is 2.82. The Morgan fingerprint density at radius 2 is 1.83 bits per heavy atom. The number of carbonyl (C=O) groups is 3. The second-order valence-corrected chi connectivity index (χ2v) is 8.42. The summed E-state index contributed by atoms with van der Waals surface area (Å²) in [5.74, 6) is -2.67. The summed E-state index contributed by atoms with van der Waals surface area (Å²) >= 11 is 0. The van der Waals surface area contributed by atoms with Crippen molar-refractivity contribution in [1.29, 1.82) is 0 Å². The van der Waals surface area contributed by atoms with Crippen molar-refractivity contribution in [2.75, 3.05) is 11.5 Å². The number of aryl methyl sites for hydroxylation is 1. The van der Waals surface area contributed by atoms with Gasteiger partial charge in [-0.15, -0.1) is 6.58 Å². The number of pyridine rings is 1. The number of hydrogen-bond acceptors (Lipinski definition) is 8. The van der Waals surface area contributed by atoms with Crippen molar-refractivity contribution in [2.24, 2.45) is 0 Å². The van der Waals surface area contributed by atoms with Crippen molar-refractivity contribution in [3.05, 3.63) is 65.4 Å². The van der Waals surface area contributed by atoms with Crippen LogP contribution in [0.3, 0.4) is 0 Å². The van der Waals surface area contributed by atoms with Gasteiger partial charge in [0.05, 0.1) is 5.39 Å². The Kier molecular flexibility index (Phi) is 8.15. The molecular formula is C25H28N6O5. The lowest BCUT2D eigenvalue weighted by Crippen LogP contribution is -2.41. The van der Waals surface area contributed by atoms with E-state index in [2.05, 4.69) is 26.8 Å². The van der Waals surface area contributed by atoms with Crippen LogP contribution in [0.4, 0.5) is 11.8 Å². The zero-order valence-corrected chi connectivity index (χ0v) is 19.8. The van der Waals surface area contributed by atoms with Gasteiger partial charge in [0.25, 0.3) is 5.91 Å². The Bertz CT molecular complexity index is 1310. The SMILES string of the molecule is C=CCC(Cc1cnc2nc(N)nc(N)c2c1C)c1ccc(C(=O)N[C@@H](CCC(=O)O)C(=O)O)cc1. The molecule has 0 bridgehead atoms. The van der Waals surface area contributed by atoms with Crippen LogP contribution in [0.15, 0.2) is 43.1 Å². The quantitative estimate of drug-likeness (QED) is 0.248. The molecule has 188 valence electrons. The fourth-order valence-electron chi connectivity index (χ4n) is 4.02. The molecule has 0 aliphatic rings. The van der Waals surface area contributed by atoms with E-state index in [-0.39, 0.29) is 36.1 Å². The first-order chi connectivity index (χ1) is 17.1. The number of nitrogens with one attached hydrogen (secondary N) is 1. The molecule has 0 saturated heterocycles. The molecule has 2 atom stereocenters. The standard InChI is InChI=1S/C25H28N6O5/c1-3-4-16(11-17-12-28-22-20(13(17)2)21(26)30-25(27)31-22)14-5-7-15(8-6-14)23(34)29-18(24(35)36)9-10-19(32)33/h3,5-8,12,16,18H,1,4,9-11H2,2H3,(H,29,34)(H,32,33)(H,35,36)(H4,26,27,28,30,31)/t16?,18-/m0/s1. The summed E-state index contributed by atoms with van der Waals surface area (Å²) in [6.45, 7) is 5.79. The normalized spacial score (nSPS) is 12.6. The molecule has 1 unspecified atom stereocenters. The van der Waals surface area contributed by atoms with Crippen LogP contribution >= 0.6 is 0 Å². The van der Waals surface area contributed by atoms with Crippen LogP contribution in [0.2, 0.25) is 0 Å². The summed E-state index contributed by atoms with van der Waals surface area (Å²) in [6.07, 6.45) is 4.25. The maximum Gasteiger partial charge on any atom is 0.326 e. The van der Waals surface area contributed by atoms with Crippen LogP contribution in [0.5, 0.6) is 0 Å². The predicted molar refractivity (Wildman–Crippen MR) is 134 cm³/mol. The number of carbonyl (C=O) groups excluding carboxylic acids is 1. The molecule has 1 amide bonds. The van der Waals surface area contributed by atoms with Gasteiger partial charge in [0.2, 0.25) is 5.95 Å². The maximum absolute atomic E-state index is 12.5. The maximum atomic E-state index is 12.5. The fourth-order valence-corrected chi connectivity index (χ4v) is 4.02. The molecular weight excluding hydrogens is 464 g/mol. The van der Waals surface area contributed by atoms with E-state index in [1.807, 2.05) is 13.0 Å². The first kappa shape index (κ1) is 26.1. The van der Waals surface area contributed by atoms with Gasteiger partial charge in [-0.25, -0.2) is 9.78 Å². The fraction of sp³-hybridized carbons (Fsp3) is 0.280. The second-order valence-electron chi connectivity index (χ2n) is 8.42. The van der Waals surface area contributed by atoms with Crippen LogP contribution < -0.4 is 16.8 Å². The molecule has 2 aromatic heterocycles. The number of carboxylic acid groups (broad SMARTS) is 2. The average molecular weight is 493 g/mol. The molecule has 3 rings (SSSR count). The minimum Gasteiger partial charge on any atom is -0.481 e. The Labute approximate surface area is 207 Å². The van der Waals surface area contributed by atoms with Gasteiger partial charge >= 0.3 is 11.9 Å². The molecule has 2 heterocycles. The largest absolute Gasteiger partial charge is 0.481 e. The third-order valence-electron chi connectivity index (χ3n) is 5.95.